The van der Waals surface area contributed by atoms with Gasteiger partial charge in [0.1, 0.15) is 5.82 Å². The van der Waals surface area contributed by atoms with Gasteiger partial charge in [-0.25, -0.2) is 9.98 Å². The average Bonchev–Trinajstić information content (AvgIpc) is 3.11. The minimum atomic E-state index is 0. The topological polar surface area (TPSA) is 54.2 Å². The van der Waals surface area contributed by atoms with Crippen LogP contribution in [0.15, 0.2) is 41.7 Å². The quantitative estimate of drug-likeness (QED) is 0.401. The van der Waals surface area contributed by atoms with E-state index in [1.165, 1.54) is 17.5 Å². The molecule has 2 atom stereocenters. The van der Waals surface area contributed by atoms with Crippen LogP contribution in [0.25, 0.3) is 0 Å². The highest BCUT2D eigenvalue weighted by Crippen LogP contribution is 2.28. The lowest BCUT2D eigenvalue weighted by Gasteiger charge is -2.11. The van der Waals surface area contributed by atoms with E-state index < -0.39 is 0 Å². The summed E-state index contributed by atoms with van der Waals surface area (Å²) < 4.78 is 2.16. The Bertz CT molecular complexity index is 709. The third kappa shape index (κ3) is 5.73. The average molecular weight is 453 g/mol. The molecule has 5 nitrogen and oxygen atoms in total. The van der Waals surface area contributed by atoms with Gasteiger partial charge in [-0.2, -0.15) is 0 Å². The molecule has 3 rings (SSSR count). The Morgan fingerprint density at radius 1 is 1.36 bits per heavy atom. The number of nitrogens with zero attached hydrogens (tertiary/aromatic N) is 3. The zero-order valence-electron chi connectivity index (χ0n) is 15.2. The van der Waals surface area contributed by atoms with Gasteiger partial charge in [-0.15, -0.1) is 24.0 Å². The molecule has 2 N–H and O–H groups in total. The summed E-state index contributed by atoms with van der Waals surface area (Å²) in [6.45, 7) is 8.81. The van der Waals surface area contributed by atoms with Crippen LogP contribution in [0.4, 0.5) is 0 Å². The summed E-state index contributed by atoms with van der Waals surface area (Å²) in [4.78, 5) is 9.01. The van der Waals surface area contributed by atoms with E-state index in [1.54, 1.807) is 0 Å². The molecule has 0 spiro atoms. The van der Waals surface area contributed by atoms with E-state index in [9.17, 15) is 0 Å². The van der Waals surface area contributed by atoms with Crippen molar-refractivity contribution in [3.63, 3.8) is 0 Å². The second kappa shape index (κ2) is 9.22. The van der Waals surface area contributed by atoms with Gasteiger partial charge in [0, 0.05) is 31.5 Å². The maximum absolute atomic E-state index is 4.73. The maximum Gasteiger partial charge on any atom is 0.191 e. The van der Waals surface area contributed by atoms with Crippen LogP contribution >= 0.6 is 24.0 Å². The summed E-state index contributed by atoms with van der Waals surface area (Å²) in [7, 11) is 0. The molecular formula is C19H28IN5. The van der Waals surface area contributed by atoms with Gasteiger partial charge < -0.3 is 15.2 Å². The minimum absolute atomic E-state index is 0. The number of aryl methyl sites for hydroxylation is 1. The number of aromatic nitrogens is 2. The van der Waals surface area contributed by atoms with Gasteiger partial charge in [-0.3, -0.25) is 0 Å². The number of hydrogen-bond acceptors (Lipinski definition) is 2. The zero-order valence-corrected chi connectivity index (χ0v) is 17.5. The highest BCUT2D eigenvalue weighted by atomic mass is 127. The molecule has 136 valence electrons. The van der Waals surface area contributed by atoms with Gasteiger partial charge >= 0.3 is 0 Å². The predicted molar refractivity (Wildman–Crippen MR) is 113 cm³/mol. The van der Waals surface area contributed by atoms with Gasteiger partial charge in [0.05, 0.1) is 6.54 Å². The molecular weight excluding hydrogens is 425 g/mol. The van der Waals surface area contributed by atoms with Crippen molar-refractivity contribution >= 4 is 29.9 Å². The van der Waals surface area contributed by atoms with E-state index in [-0.39, 0.29) is 24.0 Å². The summed E-state index contributed by atoms with van der Waals surface area (Å²) >= 11 is 0. The molecule has 0 saturated heterocycles. The Balaban J connectivity index is 0.00000225. The first-order valence-corrected chi connectivity index (χ1v) is 8.76. The largest absolute Gasteiger partial charge is 0.357 e. The number of hydrogen-bond donors (Lipinski definition) is 2. The van der Waals surface area contributed by atoms with Crippen LogP contribution in [0, 0.1) is 12.8 Å². The molecule has 0 radical (unpaired) electrons. The molecule has 2 unspecified atom stereocenters. The van der Waals surface area contributed by atoms with Gasteiger partial charge in [0.2, 0.25) is 0 Å². The van der Waals surface area contributed by atoms with Crippen LogP contribution in [0.1, 0.15) is 37.2 Å². The van der Waals surface area contributed by atoms with Crippen molar-refractivity contribution in [2.45, 2.75) is 46.3 Å². The number of halogens is 1. The van der Waals surface area contributed by atoms with E-state index in [4.69, 9.17) is 4.99 Å². The lowest BCUT2D eigenvalue weighted by molar-refractivity contribution is 0.758. The molecule has 0 aliphatic heterocycles. The van der Waals surface area contributed by atoms with E-state index >= 15 is 0 Å². The molecule has 0 amide bonds. The number of nitrogens with one attached hydrogen (secondary N) is 2. The second-order valence-corrected chi connectivity index (χ2v) is 6.58. The van der Waals surface area contributed by atoms with Crippen molar-refractivity contribution in [2.24, 2.45) is 10.9 Å². The van der Waals surface area contributed by atoms with E-state index in [0.717, 1.165) is 30.8 Å². The molecule has 1 aromatic carbocycles. The molecule has 2 aromatic rings. The molecule has 1 saturated carbocycles. The fourth-order valence-corrected chi connectivity index (χ4v) is 2.78. The zero-order chi connectivity index (χ0) is 16.9. The van der Waals surface area contributed by atoms with Crippen molar-refractivity contribution < 1.29 is 0 Å². The lowest BCUT2D eigenvalue weighted by Crippen LogP contribution is -2.39. The number of benzene rings is 1. The van der Waals surface area contributed by atoms with E-state index in [1.807, 2.05) is 19.3 Å². The van der Waals surface area contributed by atoms with Gasteiger partial charge in [0.15, 0.2) is 5.96 Å². The Morgan fingerprint density at radius 2 is 2.12 bits per heavy atom. The van der Waals surface area contributed by atoms with Crippen LogP contribution in [0.2, 0.25) is 0 Å². The summed E-state index contributed by atoms with van der Waals surface area (Å²) in [5.41, 5.74) is 2.50. The van der Waals surface area contributed by atoms with Crippen molar-refractivity contribution in [3.05, 3.63) is 53.6 Å². The Kier molecular flexibility index (Phi) is 7.28. The fraction of sp³-hybridized carbons (Fsp3) is 0.474. The Morgan fingerprint density at radius 3 is 2.76 bits per heavy atom. The first kappa shape index (κ1) is 19.8. The summed E-state index contributed by atoms with van der Waals surface area (Å²) in [6, 6.07) is 9.21. The van der Waals surface area contributed by atoms with E-state index in [2.05, 4.69) is 58.3 Å². The van der Waals surface area contributed by atoms with Crippen molar-refractivity contribution in [1.29, 1.82) is 0 Å². The summed E-state index contributed by atoms with van der Waals surface area (Å²) in [5.74, 6) is 2.72. The number of guanidine groups is 1. The molecule has 0 bridgehead atoms. The fourth-order valence-electron chi connectivity index (χ4n) is 2.78. The third-order valence-corrected chi connectivity index (χ3v) is 4.46. The van der Waals surface area contributed by atoms with E-state index in [0.29, 0.717) is 12.6 Å². The molecule has 1 aromatic heterocycles. The SMILES string of the molecule is CCNC(=NCc1cccc(Cn2ccnc2C)c1)NC1CC1C.I. The lowest BCUT2D eigenvalue weighted by atomic mass is 10.1. The molecule has 1 heterocycles. The highest BCUT2D eigenvalue weighted by Gasteiger charge is 2.33. The van der Waals surface area contributed by atoms with Crippen LogP contribution in [-0.4, -0.2) is 28.1 Å². The molecule has 1 aliphatic carbocycles. The Hall–Kier alpha value is -1.57. The molecule has 1 fully saturated rings. The van der Waals surface area contributed by atoms with Gasteiger partial charge in [-0.1, -0.05) is 31.2 Å². The van der Waals surface area contributed by atoms with Gasteiger partial charge in [-0.05, 0) is 37.3 Å². The molecule has 6 heteroatoms. The third-order valence-electron chi connectivity index (χ3n) is 4.46. The van der Waals surface area contributed by atoms with Crippen LogP contribution < -0.4 is 10.6 Å². The van der Waals surface area contributed by atoms with Crippen LogP contribution in [0.3, 0.4) is 0 Å². The maximum atomic E-state index is 4.73. The number of rotatable bonds is 6. The molecule has 1 aliphatic rings. The predicted octanol–water partition coefficient (Wildman–Crippen LogP) is 3.32. The van der Waals surface area contributed by atoms with Crippen LogP contribution in [0.5, 0.6) is 0 Å². The number of aliphatic imine (C=N–C) groups is 1. The van der Waals surface area contributed by atoms with Crippen molar-refractivity contribution in [3.8, 4) is 0 Å². The first-order chi connectivity index (χ1) is 11.7. The number of imidazole rings is 1. The molecule has 25 heavy (non-hydrogen) atoms. The monoisotopic (exact) mass is 453 g/mol. The standard InChI is InChI=1S/C19H27N5.HI/c1-4-20-19(23-18-10-14(18)2)22-12-16-6-5-7-17(11-16)13-24-9-8-21-15(24)3;/h5-9,11,14,18H,4,10,12-13H2,1-3H3,(H2,20,22,23);1H. The van der Waals surface area contributed by atoms with Crippen LogP contribution in [-0.2, 0) is 13.1 Å². The summed E-state index contributed by atoms with van der Waals surface area (Å²) in [6.07, 6.45) is 5.10. The second-order valence-electron chi connectivity index (χ2n) is 6.58. The normalized spacial score (nSPS) is 19.2. The summed E-state index contributed by atoms with van der Waals surface area (Å²) in [5, 5.41) is 6.83. The smallest absolute Gasteiger partial charge is 0.191 e. The minimum Gasteiger partial charge on any atom is -0.357 e. The van der Waals surface area contributed by atoms with Crippen molar-refractivity contribution in [1.82, 2.24) is 20.2 Å². The van der Waals surface area contributed by atoms with Crippen molar-refractivity contribution in [2.75, 3.05) is 6.54 Å². The first-order valence-electron chi connectivity index (χ1n) is 8.76. The van der Waals surface area contributed by atoms with Gasteiger partial charge in [0.25, 0.3) is 0 Å². The highest BCUT2D eigenvalue weighted by molar-refractivity contribution is 14.0. The Labute approximate surface area is 167 Å².